The summed E-state index contributed by atoms with van der Waals surface area (Å²) in [5.74, 6) is 0. The van der Waals surface area contributed by atoms with Crippen molar-refractivity contribution in [2.75, 3.05) is 27.3 Å². The van der Waals surface area contributed by atoms with E-state index >= 15 is 0 Å². The number of aliphatic hydroxyl groups excluding tert-OH is 1. The summed E-state index contributed by atoms with van der Waals surface area (Å²) in [6.45, 7) is 1.52. The van der Waals surface area contributed by atoms with E-state index in [1.807, 2.05) is 7.05 Å². The summed E-state index contributed by atoms with van der Waals surface area (Å²) < 4.78 is 4.99. The number of likely N-dealkylation sites (tertiary alicyclic amines) is 1. The highest BCUT2D eigenvalue weighted by molar-refractivity contribution is 4.82. The quantitative estimate of drug-likeness (QED) is 0.579. The average molecular weight is 145 g/mol. The Balaban J connectivity index is 2.31. The first kappa shape index (κ1) is 7.98. The lowest BCUT2D eigenvalue weighted by Gasteiger charge is -2.16. The van der Waals surface area contributed by atoms with Crippen LogP contribution in [-0.2, 0) is 4.74 Å². The molecule has 0 aromatic rings. The van der Waals surface area contributed by atoms with E-state index in [-0.39, 0.29) is 6.10 Å². The number of aliphatic hydroxyl groups is 1. The van der Waals surface area contributed by atoms with Gasteiger partial charge in [0.25, 0.3) is 0 Å². The van der Waals surface area contributed by atoms with Crippen LogP contribution in [0.25, 0.3) is 0 Å². The van der Waals surface area contributed by atoms with Crippen molar-refractivity contribution in [3.8, 4) is 0 Å². The zero-order chi connectivity index (χ0) is 7.56. The topological polar surface area (TPSA) is 32.7 Å². The molecule has 0 radical (unpaired) electrons. The standard InChI is InChI=1S/C7H15NO2/c1-8-4-7(9)3-6(8)5-10-2/h6-7,9H,3-5H2,1-2H3/t6-,7+/m1/s1. The number of likely N-dealkylation sites (N-methyl/N-ethyl adjacent to an activating group) is 1. The Kier molecular flexibility index (Phi) is 2.65. The molecule has 1 heterocycles. The van der Waals surface area contributed by atoms with Gasteiger partial charge in [0.15, 0.2) is 0 Å². The Labute approximate surface area is 61.6 Å². The molecule has 1 saturated heterocycles. The van der Waals surface area contributed by atoms with E-state index in [1.54, 1.807) is 7.11 Å². The van der Waals surface area contributed by atoms with E-state index in [2.05, 4.69) is 4.90 Å². The molecule has 0 aromatic heterocycles. The van der Waals surface area contributed by atoms with Crippen molar-refractivity contribution in [2.24, 2.45) is 0 Å². The van der Waals surface area contributed by atoms with E-state index in [0.29, 0.717) is 6.04 Å². The first-order valence-corrected chi connectivity index (χ1v) is 3.61. The van der Waals surface area contributed by atoms with Gasteiger partial charge in [-0.25, -0.2) is 0 Å². The van der Waals surface area contributed by atoms with E-state index in [0.717, 1.165) is 19.6 Å². The second-order valence-corrected chi connectivity index (χ2v) is 2.94. The third kappa shape index (κ3) is 1.68. The number of β-amino-alcohol motifs (C(OH)–C–C–N with tert-alkyl or cyclic N) is 1. The zero-order valence-corrected chi connectivity index (χ0v) is 6.58. The Hall–Kier alpha value is -0.120. The number of methoxy groups -OCH3 is 1. The predicted molar refractivity (Wildman–Crippen MR) is 38.9 cm³/mol. The largest absolute Gasteiger partial charge is 0.392 e. The molecule has 1 aliphatic heterocycles. The van der Waals surface area contributed by atoms with Crippen LogP contribution in [0.4, 0.5) is 0 Å². The van der Waals surface area contributed by atoms with Crippen LogP contribution in [0.3, 0.4) is 0 Å². The maximum Gasteiger partial charge on any atom is 0.0682 e. The van der Waals surface area contributed by atoms with E-state index in [1.165, 1.54) is 0 Å². The molecule has 1 aliphatic rings. The second-order valence-electron chi connectivity index (χ2n) is 2.94. The minimum absolute atomic E-state index is 0.148. The lowest BCUT2D eigenvalue weighted by atomic mass is 10.2. The van der Waals surface area contributed by atoms with Gasteiger partial charge in [-0.1, -0.05) is 0 Å². The molecule has 0 unspecified atom stereocenters. The number of hydrogen-bond donors (Lipinski definition) is 1. The van der Waals surface area contributed by atoms with Crippen molar-refractivity contribution in [1.82, 2.24) is 4.90 Å². The van der Waals surface area contributed by atoms with Crippen LogP contribution in [0, 0.1) is 0 Å². The van der Waals surface area contributed by atoms with Gasteiger partial charge in [-0.05, 0) is 13.5 Å². The molecule has 0 spiro atoms. The summed E-state index contributed by atoms with van der Waals surface area (Å²) in [6.07, 6.45) is 0.704. The van der Waals surface area contributed by atoms with Crippen molar-refractivity contribution in [1.29, 1.82) is 0 Å². The maximum absolute atomic E-state index is 9.20. The summed E-state index contributed by atoms with van der Waals surface area (Å²) in [6, 6.07) is 0.417. The van der Waals surface area contributed by atoms with E-state index in [4.69, 9.17) is 4.74 Å². The normalized spacial score (nSPS) is 35.1. The summed E-state index contributed by atoms with van der Waals surface area (Å²) in [7, 11) is 3.71. The fourth-order valence-corrected chi connectivity index (χ4v) is 1.44. The van der Waals surface area contributed by atoms with Gasteiger partial charge in [-0.3, -0.25) is 4.90 Å². The van der Waals surface area contributed by atoms with Gasteiger partial charge in [0.2, 0.25) is 0 Å². The van der Waals surface area contributed by atoms with Crippen LogP contribution < -0.4 is 0 Å². The molecular formula is C7H15NO2. The molecule has 10 heavy (non-hydrogen) atoms. The van der Waals surface area contributed by atoms with Crippen LogP contribution in [0.2, 0.25) is 0 Å². The van der Waals surface area contributed by atoms with Crippen molar-refractivity contribution in [3.05, 3.63) is 0 Å². The molecule has 0 bridgehead atoms. The van der Waals surface area contributed by atoms with Crippen LogP contribution in [0.5, 0.6) is 0 Å². The first-order chi connectivity index (χ1) is 4.74. The molecular weight excluding hydrogens is 130 g/mol. The predicted octanol–water partition coefficient (Wildman–Crippen LogP) is -0.302. The van der Waals surface area contributed by atoms with Crippen LogP contribution in [-0.4, -0.2) is 49.5 Å². The minimum atomic E-state index is -0.148. The molecule has 0 amide bonds. The molecule has 1 rings (SSSR count). The van der Waals surface area contributed by atoms with Gasteiger partial charge >= 0.3 is 0 Å². The van der Waals surface area contributed by atoms with Crippen molar-refractivity contribution < 1.29 is 9.84 Å². The molecule has 1 fully saturated rings. The summed E-state index contributed by atoms with van der Waals surface area (Å²) >= 11 is 0. The first-order valence-electron chi connectivity index (χ1n) is 3.61. The van der Waals surface area contributed by atoms with Gasteiger partial charge in [0, 0.05) is 19.7 Å². The second kappa shape index (κ2) is 3.32. The molecule has 3 heteroatoms. The molecule has 2 atom stereocenters. The molecule has 3 nitrogen and oxygen atoms in total. The highest BCUT2D eigenvalue weighted by Crippen LogP contribution is 2.14. The van der Waals surface area contributed by atoms with Crippen molar-refractivity contribution >= 4 is 0 Å². The van der Waals surface area contributed by atoms with Gasteiger partial charge < -0.3 is 9.84 Å². The smallest absolute Gasteiger partial charge is 0.0682 e. The highest BCUT2D eigenvalue weighted by atomic mass is 16.5. The van der Waals surface area contributed by atoms with Crippen LogP contribution in [0.15, 0.2) is 0 Å². The van der Waals surface area contributed by atoms with Crippen LogP contribution >= 0.6 is 0 Å². The van der Waals surface area contributed by atoms with Gasteiger partial charge in [0.05, 0.1) is 12.7 Å². The Morgan fingerprint density at radius 1 is 1.70 bits per heavy atom. The fraction of sp³-hybridized carbons (Fsp3) is 1.00. The molecule has 60 valence electrons. The molecule has 0 aromatic carbocycles. The van der Waals surface area contributed by atoms with Crippen LogP contribution in [0.1, 0.15) is 6.42 Å². The third-order valence-corrected chi connectivity index (χ3v) is 2.03. The number of ether oxygens (including phenoxy) is 1. The monoisotopic (exact) mass is 145 g/mol. The van der Waals surface area contributed by atoms with Crippen molar-refractivity contribution in [3.63, 3.8) is 0 Å². The van der Waals surface area contributed by atoms with Gasteiger partial charge in [-0.15, -0.1) is 0 Å². The van der Waals surface area contributed by atoms with Gasteiger partial charge in [0.1, 0.15) is 0 Å². The Morgan fingerprint density at radius 2 is 2.40 bits per heavy atom. The molecule has 0 saturated carbocycles. The Bertz CT molecular complexity index is 108. The lowest BCUT2D eigenvalue weighted by molar-refractivity contribution is 0.129. The number of nitrogens with zero attached hydrogens (tertiary/aromatic N) is 1. The number of rotatable bonds is 2. The van der Waals surface area contributed by atoms with Crippen molar-refractivity contribution in [2.45, 2.75) is 18.6 Å². The van der Waals surface area contributed by atoms with Gasteiger partial charge in [-0.2, -0.15) is 0 Å². The third-order valence-electron chi connectivity index (χ3n) is 2.03. The SMILES string of the molecule is COC[C@H]1C[C@H](O)CN1C. The maximum atomic E-state index is 9.20. The average Bonchev–Trinajstić information content (AvgIpc) is 2.13. The number of hydrogen-bond acceptors (Lipinski definition) is 3. The minimum Gasteiger partial charge on any atom is -0.392 e. The summed E-state index contributed by atoms with van der Waals surface area (Å²) in [5, 5.41) is 9.20. The molecule has 0 aliphatic carbocycles. The van der Waals surface area contributed by atoms with E-state index < -0.39 is 0 Å². The zero-order valence-electron chi connectivity index (χ0n) is 6.58. The van der Waals surface area contributed by atoms with E-state index in [9.17, 15) is 5.11 Å². The summed E-state index contributed by atoms with van der Waals surface area (Å²) in [4.78, 5) is 2.13. The highest BCUT2D eigenvalue weighted by Gasteiger charge is 2.27. The molecule has 1 N–H and O–H groups in total. The Morgan fingerprint density at radius 3 is 2.80 bits per heavy atom. The fourth-order valence-electron chi connectivity index (χ4n) is 1.44. The lowest BCUT2D eigenvalue weighted by Crippen LogP contribution is -2.28. The summed E-state index contributed by atoms with van der Waals surface area (Å²) in [5.41, 5.74) is 0.